The molecule has 0 bridgehead atoms. The van der Waals surface area contributed by atoms with Gasteiger partial charge in [-0.05, 0) is 50.0 Å². The second-order valence-electron chi connectivity index (χ2n) is 7.81. The minimum absolute atomic E-state index is 1.38. The van der Waals surface area contributed by atoms with Gasteiger partial charge in [-0.25, -0.2) is 0 Å². The van der Waals surface area contributed by atoms with Gasteiger partial charge in [0.05, 0.1) is 50.8 Å². The zero-order valence-corrected chi connectivity index (χ0v) is 36.8. The lowest BCUT2D eigenvalue weighted by Gasteiger charge is -2.08. The lowest BCUT2D eigenvalue weighted by Crippen LogP contribution is -2.50. The molecule has 0 fully saturated rings. The molecule has 0 aromatic heterocycles. The van der Waals surface area contributed by atoms with E-state index in [4.69, 9.17) is 0 Å². The van der Waals surface area contributed by atoms with Crippen molar-refractivity contribution in [3.63, 3.8) is 0 Å². The molecule has 0 radical (unpaired) electrons. The Kier molecular flexibility index (Phi) is 15.0. The Morgan fingerprint density at radius 1 is 0.310 bits per heavy atom. The summed E-state index contributed by atoms with van der Waals surface area (Å²) in [5.41, 5.74) is 0. The Labute approximate surface area is 317 Å². The van der Waals surface area contributed by atoms with Crippen molar-refractivity contribution < 1.29 is 0 Å². The second kappa shape index (κ2) is 17.3. The van der Waals surface area contributed by atoms with Crippen LogP contribution < -0.4 is 20.9 Å². The summed E-state index contributed by atoms with van der Waals surface area (Å²) < 4.78 is 17.0. The van der Waals surface area contributed by atoms with Crippen LogP contribution in [0.2, 0.25) is 0 Å². The molecule has 0 atom stereocenters. The van der Waals surface area contributed by atoms with E-state index in [0.717, 1.165) is 0 Å². The predicted molar refractivity (Wildman–Crippen MR) is 236 cm³/mol. The zero-order chi connectivity index (χ0) is 30.0. The zero-order valence-electron chi connectivity index (χ0n) is 23.7. The number of benzene rings is 1. The van der Waals surface area contributed by atoms with E-state index < -0.39 is 0 Å². The van der Waals surface area contributed by atoms with Gasteiger partial charge in [-0.1, -0.05) is 106 Å². The van der Waals surface area contributed by atoms with Crippen LogP contribution >= 0.6 is 188 Å². The molecule has 4 heterocycles. The summed E-state index contributed by atoms with van der Waals surface area (Å²) in [5, 5.41) is 5.60. The van der Waals surface area contributed by atoms with Crippen LogP contribution in [0.5, 0.6) is 0 Å². The minimum atomic E-state index is 1.38. The van der Waals surface area contributed by atoms with Crippen molar-refractivity contribution >= 4 is 205 Å². The molecular weight excluding hydrogens is 825 g/mol. The van der Waals surface area contributed by atoms with Gasteiger partial charge in [0.15, 0.2) is 0 Å². The van der Waals surface area contributed by atoms with E-state index >= 15 is 0 Å². The van der Waals surface area contributed by atoms with Crippen LogP contribution in [-0.4, -0.2) is 50.0 Å². The smallest absolute Gasteiger partial charge is 0.0657 e. The van der Waals surface area contributed by atoms with Gasteiger partial charge in [0.1, 0.15) is 0 Å². The lowest BCUT2D eigenvalue weighted by molar-refractivity contribution is 1.41. The van der Waals surface area contributed by atoms with Crippen LogP contribution in [0, 0.1) is 0 Å². The average molecular weight is 852 g/mol. The number of hydrogen-bond acceptors (Lipinski definition) is 16. The van der Waals surface area contributed by atoms with E-state index in [-0.39, 0.29) is 0 Å². The molecule has 1 aromatic rings. The quantitative estimate of drug-likeness (QED) is 0.243. The maximum atomic E-state index is 2.43. The van der Waals surface area contributed by atoms with Crippen molar-refractivity contribution in [1.82, 2.24) is 0 Å². The van der Waals surface area contributed by atoms with Gasteiger partial charge < -0.3 is 0 Å². The third kappa shape index (κ3) is 7.69. The normalized spacial score (nSPS) is 19.8. The summed E-state index contributed by atoms with van der Waals surface area (Å²) in [7, 11) is 0. The van der Waals surface area contributed by atoms with Crippen molar-refractivity contribution in [2.45, 2.75) is 0 Å². The first-order chi connectivity index (χ1) is 20.4. The molecule has 226 valence electrons. The maximum Gasteiger partial charge on any atom is 0.0657 e. The molecule has 0 saturated heterocycles. The van der Waals surface area contributed by atoms with Gasteiger partial charge in [-0.15, -0.1) is 94.1 Å². The first-order valence-electron chi connectivity index (χ1n) is 11.8. The molecule has 4 aliphatic rings. The summed E-state index contributed by atoms with van der Waals surface area (Å²) in [5.74, 6) is 0. The lowest BCUT2D eigenvalue weighted by atomic mass is 10.2. The molecule has 0 nitrogen and oxygen atoms in total. The molecule has 0 N–H and O–H groups in total. The Morgan fingerprint density at radius 3 is 0.690 bits per heavy atom. The second-order valence-corrected chi connectivity index (χ2v) is 25.6. The Morgan fingerprint density at radius 2 is 0.500 bits per heavy atom. The molecule has 0 saturated carbocycles. The van der Waals surface area contributed by atoms with Crippen LogP contribution in [-0.2, 0) is 0 Å². The summed E-state index contributed by atoms with van der Waals surface area (Å²) in [4.78, 5) is 0. The van der Waals surface area contributed by atoms with E-state index in [1.807, 2.05) is 188 Å². The van der Waals surface area contributed by atoms with Crippen molar-refractivity contribution in [3.8, 4) is 0 Å². The first kappa shape index (κ1) is 36.5. The Hall–Kier alpha value is 3.26. The van der Waals surface area contributed by atoms with Crippen LogP contribution in [0.1, 0.15) is 0 Å². The van der Waals surface area contributed by atoms with E-state index in [0.29, 0.717) is 0 Å². The van der Waals surface area contributed by atoms with Crippen LogP contribution in [0.4, 0.5) is 0 Å². The Balaban J connectivity index is 1.92. The molecule has 0 aliphatic carbocycles. The van der Waals surface area contributed by atoms with Gasteiger partial charge >= 0.3 is 0 Å². The highest BCUT2D eigenvalue weighted by Gasteiger charge is 2.29. The van der Waals surface area contributed by atoms with Gasteiger partial charge in [0, 0.05) is 20.9 Å². The molecule has 4 aliphatic heterocycles. The summed E-state index contributed by atoms with van der Waals surface area (Å²) in [6, 6.07) is 4.86. The highest BCUT2D eigenvalue weighted by Crippen LogP contribution is 2.60. The SMILES string of the molecule is CSC1=C(SC)SC(=c2ccc(=C3SC(SC)=C(SC)S3)c(=C3SC(SC)=C(SC)S3)c2=C2SC(SC)=C(SC)S2)S1. The van der Waals surface area contributed by atoms with Gasteiger partial charge in [0.2, 0.25) is 0 Å². The fourth-order valence-corrected chi connectivity index (χ4v) is 24.2. The van der Waals surface area contributed by atoms with E-state index in [1.54, 1.807) is 0 Å². The van der Waals surface area contributed by atoms with Crippen LogP contribution in [0.3, 0.4) is 0 Å². The van der Waals surface area contributed by atoms with Gasteiger partial charge in [-0.2, -0.15) is 0 Å². The van der Waals surface area contributed by atoms with Crippen LogP contribution in [0.25, 0.3) is 16.9 Å². The molecule has 16 heteroatoms. The molecular formula is C26H26S16. The molecule has 0 amide bonds. The minimum Gasteiger partial charge on any atom is -0.121 e. The van der Waals surface area contributed by atoms with Gasteiger partial charge in [-0.3, -0.25) is 0 Å². The van der Waals surface area contributed by atoms with Crippen LogP contribution in [0.15, 0.2) is 46.0 Å². The van der Waals surface area contributed by atoms with E-state index in [1.165, 1.54) is 71.7 Å². The highest BCUT2D eigenvalue weighted by atomic mass is 32.3. The molecule has 1 aromatic carbocycles. The largest absolute Gasteiger partial charge is 0.121 e. The average Bonchev–Trinajstić information content (AvgIpc) is 3.82. The molecule has 0 spiro atoms. The number of rotatable bonds is 8. The first-order valence-corrected chi connectivity index (χ1v) is 28.2. The van der Waals surface area contributed by atoms with E-state index in [2.05, 4.69) is 62.2 Å². The molecule has 0 unspecified atom stereocenters. The standard InChI is InChI=1S/C26H26S16/c1-27-19-20(28-2)36-15(35-19)11-9-10-12(16-37-21(29-3)22(30-4)38-16)14(18-41-25(33-7)26(34-8)42-18)13(11)17-39-23(31-5)24(32-6)40-17/h9-10H,1-8H3. The number of thioether (sulfide) groups is 16. The number of hydrogen-bond donors (Lipinski definition) is 0. The molecule has 42 heavy (non-hydrogen) atoms. The predicted octanol–water partition coefficient (Wildman–Crippen LogP) is 11.3. The third-order valence-corrected chi connectivity index (χ3v) is 26.6. The van der Waals surface area contributed by atoms with Gasteiger partial charge in [0.25, 0.3) is 0 Å². The Bertz CT molecular complexity index is 1470. The topological polar surface area (TPSA) is 0 Å². The van der Waals surface area contributed by atoms with Crippen molar-refractivity contribution in [1.29, 1.82) is 0 Å². The fraction of sp³-hybridized carbons (Fsp3) is 0.308. The third-order valence-electron chi connectivity index (χ3n) is 5.69. The fourth-order valence-electron chi connectivity index (χ4n) is 3.88. The summed E-state index contributed by atoms with van der Waals surface area (Å²) in [6.07, 6.45) is 17.7. The van der Waals surface area contributed by atoms with Crippen molar-refractivity contribution in [3.05, 3.63) is 66.9 Å². The monoisotopic (exact) mass is 850 g/mol. The van der Waals surface area contributed by atoms with Crippen molar-refractivity contribution in [2.75, 3.05) is 50.0 Å². The summed E-state index contributed by atoms with van der Waals surface area (Å²) >= 11 is 30.8. The highest BCUT2D eigenvalue weighted by molar-refractivity contribution is 8.47. The van der Waals surface area contributed by atoms with Crippen molar-refractivity contribution in [2.24, 2.45) is 0 Å². The summed E-state index contributed by atoms with van der Waals surface area (Å²) in [6.45, 7) is 0. The molecule has 5 rings (SSSR count). The van der Waals surface area contributed by atoms with E-state index in [9.17, 15) is 0 Å². The maximum absolute atomic E-state index is 2.43.